The number of oxazole rings is 1. The van der Waals surface area contributed by atoms with Crippen molar-refractivity contribution in [2.24, 2.45) is 0 Å². The zero-order valence-electron chi connectivity index (χ0n) is 20.2. The van der Waals surface area contributed by atoms with E-state index >= 15 is 0 Å². The zero-order chi connectivity index (χ0) is 26.4. The summed E-state index contributed by atoms with van der Waals surface area (Å²) in [6.07, 6.45) is -2.71. The number of sulfone groups is 1. The van der Waals surface area contributed by atoms with Gasteiger partial charge in [0, 0.05) is 13.1 Å². The van der Waals surface area contributed by atoms with Crippen molar-refractivity contribution in [3.05, 3.63) is 66.1 Å². The molecule has 0 radical (unpaired) electrons. The van der Waals surface area contributed by atoms with Crippen molar-refractivity contribution in [2.45, 2.75) is 24.8 Å². The molecule has 11 nitrogen and oxygen atoms in total. The second kappa shape index (κ2) is 11.5. The molecule has 2 aromatic carbocycles. The van der Waals surface area contributed by atoms with Crippen LogP contribution in [0.3, 0.4) is 0 Å². The molecular weight excluding hydrogens is 502 g/mol. The monoisotopic (exact) mass is 529 g/mol. The Bertz CT molecular complexity index is 1330. The normalized spacial score (nSPS) is 15.6. The first kappa shape index (κ1) is 26.3. The smallest absolute Gasteiger partial charge is 0.408 e. The minimum Gasteiger partial charge on any atom is -0.435 e. The van der Waals surface area contributed by atoms with E-state index in [1.807, 2.05) is 0 Å². The number of ketones is 1. The molecule has 2 amide bonds. The number of fused-ring (bicyclic) bond motifs is 1. The minimum atomic E-state index is -3.84. The fraction of sp³-hybridized carbons (Fsp3) is 0.360. The number of amides is 2. The predicted octanol–water partition coefficient (Wildman–Crippen LogP) is 1.97. The molecular formula is C25H27N3O8S. The molecule has 1 aromatic heterocycles. The van der Waals surface area contributed by atoms with Crippen LogP contribution in [0.1, 0.15) is 23.2 Å². The highest BCUT2D eigenvalue weighted by Gasteiger charge is 2.34. The summed E-state index contributed by atoms with van der Waals surface area (Å²) in [5, 5.41) is 2.35. The van der Waals surface area contributed by atoms with Gasteiger partial charge in [-0.1, -0.05) is 42.5 Å². The molecule has 0 bridgehead atoms. The predicted molar refractivity (Wildman–Crippen MR) is 133 cm³/mol. The minimum absolute atomic E-state index is 0.194. The average Bonchev–Trinajstić information content (AvgIpc) is 3.32. The molecule has 2 heterocycles. The Morgan fingerprint density at radius 2 is 1.73 bits per heavy atom. The van der Waals surface area contributed by atoms with Crippen LogP contribution in [0.4, 0.5) is 4.79 Å². The number of carbonyl (C=O) groups is 3. The largest absolute Gasteiger partial charge is 0.435 e. The van der Waals surface area contributed by atoms with Crippen LogP contribution in [0, 0.1) is 0 Å². The number of hydrogen-bond acceptors (Lipinski definition) is 9. The van der Waals surface area contributed by atoms with Gasteiger partial charge in [-0.2, -0.15) is 0 Å². The van der Waals surface area contributed by atoms with Crippen LogP contribution in [0.5, 0.6) is 0 Å². The lowest BCUT2D eigenvalue weighted by atomic mass is 10.2. The summed E-state index contributed by atoms with van der Waals surface area (Å²) in [6.45, 7) is 2.47. The van der Waals surface area contributed by atoms with Gasteiger partial charge in [0.25, 0.3) is 11.8 Å². The number of para-hydroxylation sites is 2. The number of hydrogen-bond donors (Lipinski definition) is 1. The Morgan fingerprint density at radius 3 is 2.43 bits per heavy atom. The van der Waals surface area contributed by atoms with Gasteiger partial charge in [-0.3, -0.25) is 9.59 Å². The van der Waals surface area contributed by atoms with E-state index in [0.717, 1.165) is 0 Å². The van der Waals surface area contributed by atoms with Crippen molar-refractivity contribution in [3.8, 4) is 0 Å². The van der Waals surface area contributed by atoms with Crippen molar-refractivity contribution in [1.82, 2.24) is 15.2 Å². The summed E-state index contributed by atoms with van der Waals surface area (Å²) in [7, 11) is -3.84. The molecule has 1 aliphatic rings. The topological polar surface area (TPSA) is 145 Å². The number of nitrogens with one attached hydrogen (secondary N) is 1. The van der Waals surface area contributed by atoms with Crippen molar-refractivity contribution in [1.29, 1.82) is 0 Å². The van der Waals surface area contributed by atoms with Crippen molar-refractivity contribution >= 4 is 38.7 Å². The van der Waals surface area contributed by atoms with Crippen molar-refractivity contribution in [3.63, 3.8) is 0 Å². The molecule has 1 fully saturated rings. The zero-order valence-corrected chi connectivity index (χ0v) is 21.0. The molecule has 37 heavy (non-hydrogen) atoms. The number of carbonyl (C=O) groups excluding carboxylic acids is 3. The van der Waals surface area contributed by atoms with Gasteiger partial charge in [-0.25, -0.2) is 18.2 Å². The lowest BCUT2D eigenvalue weighted by molar-refractivity contribution is -0.143. The SMILES string of the molecule is CC(NC(=O)OC(CS(=O)(=O)Cc1ccccc1)C(=O)N1CCOCC1)C(=O)c1nc2ccccc2o1. The molecule has 1 saturated heterocycles. The first-order valence-corrected chi connectivity index (χ1v) is 13.5. The number of ether oxygens (including phenoxy) is 2. The highest BCUT2D eigenvalue weighted by atomic mass is 32.2. The van der Waals surface area contributed by atoms with Crippen LogP contribution < -0.4 is 5.32 Å². The van der Waals surface area contributed by atoms with Crippen LogP contribution in [0.2, 0.25) is 0 Å². The second-order valence-corrected chi connectivity index (χ2v) is 10.7. The van der Waals surface area contributed by atoms with E-state index in [4.69, 9.17) is 13.9 Å². The molecule has 0 saturated carbocycles. The highest BCUT2D eigenvalue weighted by molar-refractivity contribution is 7.90. The Kier molecular flexibility index (Phi) is 8.19. The van der Waals surface area contributed by atoms with E-state index in [2.05, 4.69) is 10.3 Å². The summed E-state index contributed by atoms with van der Waals surface area (Å²) in [4.78, 5) is 44.0. The fourth-order valence-corrected chi connectivity index (χ4v) is 5.32. The van der Waals surface area contributed by atoms with Gasteiger partial charge in [0.05, 0.1) is 30.8 Å². The van der Waals surface area contributed by atoms with Crippen molar-refractivity contribution in [2.75, 3.05) is 32.1 Å². The van der Waals surface area contributed by atoms with Gasteiger partial charge in [0.15, 0.2) is 21.5 Å². The highest BCUT2D eigenvalue weighted by Crippen LogP contribution is 2.16. The molecule has 2 atom stereocenters. The van der Waals surface area contributed by atoms with Gasteiger partial charge < -0.3 is 24.1 Å². The van der Waals surface area contributed by atoms with E-state index in [1.54, 1.807) is 54.6 Å². The van der Waals surface area contributed by atoms with Crippen LogP contribution in [-0.2, 0) is 29.9 Å². The van der Waals surface area contributed by atoms with Crippen molar-refractivity contribution < 1.29 is 36.7 Å². The molecule has 0 spiro atoms. The second-order valence-electron chi connectivity index (χ2n) is 8.59. The fourth-order valence-electron chi connectivity index (χ4n) is 3.83. The van der Waals surface area contributed by atoms with E-state index in [-0.39, 0.29) is 37.9 Å². The maximum Gasteiger partial charge on any atom is 0.408 e. The summed E-state index contributed by atoms with van der Waals surface area (Å²) in [6, 6.07) is 14.2. The summed E-state index contributed by atoms with van der Waals surface area (Å²) >= 11 is 0. The number of morpholine rings is 1. The number of aromatic nitrogens is 1. The van der Waals surface area contributed by atoms with Crippen LogP contribution in [-0.4, -0.2) is 80.3 Å². The third-order valence-electron chi connectivity index (χ3n) is 5.71. The molecule has 3 aromatic rings. The molecule has 12 heteroatoms. The number of alkyl carbamates (subject to hydrolysis) is 1. The van der Waals surface area contributed by atoms with Crippen LogP contribution in [0.15, 0.2) is 59.0 Å². The van der Waals surface area contributed by atoms with E-state index in [0.29, 0.717) is 16.7 Å². The molecule has 4 rings (SSSR count). The summed E-state index contributed by atoms with van der Waals surface area (Å²) in [5.74, 6) is -2.48. The van der Waals surface area contributed by atoms with E-state index in [1.165, 1.54) is 11.8 Å². The number of nitrogens with zero attached hydrogens (tertiary/aromatic N) is 2. The lowest BCUT2D eigenvalue weighted by Crippen LogP contribution is -2.50. The first-order chi connectivity index (χ1) is 17.7. The van der Waals surface area contributed by atoms with Gasteiger partial charge in [-0.15, -0.1) is 0 Å². The van der Waals surface area contributed by atoms with E-state index in [9.17, 15) is 22.8 Å². The van der Waals surface area contributed by atoms with Crippen LogP contribution >= 0.6 is 0 Å². The lowest BCUT2D eigenvalue weighted by Gasteiger charge is -2.30. The van der Waals surface area contributed by atoms with Gasteiger partial charge >= 0.3 is 6.09 Å². The first-order valence-electron chi connectivity index (χ1n) is 11.7. The molecule has 2 unspecified atom stereocenters. The quantitative estimate of drug-likeness (QED) is 0.411. The summed E-state index contributed by atoms with van der Waals surface area (Å²) < 4.78 is 41.8. The Balaban J connectivity index is 1.45. The Labute approximate surface area is 213 Å². The summed E-state index contributed by atoms with van der Waals surface area (Å²) in [5.41, 5.74) is 1.45. The van der Waals surface area contributed by atoms with Gasteiger partial charge in [-0.05, 0) is 24.6 Å². The molecule has 1 aliphatic heterocycles. The average molecular weight is 530 g/mol. The maximum absolute atomic E-state index is 13.1. The Hall–Kier alpha value is -3.77. The Morgan fingerprint density at radius 1 is 1.05 bits per heavy atom. The number of benzene rings is 2. The maximum atomic E-state index is 13.1. The molecule has 0 aliphatic carbocycles. The van der Waals surface area contributed by atoms with Gasteiger partial charge in [0.2, 0.25) is 5.78 Å². The molecule has 1 N–H and O–H groups in total. The molecule has 196 valence electrons. The van der Waals surface area contributed by atoms with Crippen LogP contribution in [0.25, 0.3) is 11.1 Å². The standard InChI is InChI=1S/C25H27N3O8S/c1-17(22(29)23-27-19-9-5-6-10-20(19)35-23)26-25(31)36-21(24(30)28-11-13-34-14-12-28)16-37(32,33)15-18-7-3-2-4-8-18/h2-10,17,21H,11-16H2,1H3,(H,26,31). The number of rotatable bonds is 9. The number of Topliss-reactive ketones (excluding diaryl/α,β-unsaturated/α-hetero) is 1. The third-order valence-corrected chi connectivity index (χ3v) is 7.30. The van der Waals surface area contributed by atoms with E-state index < -0.39 is 45.5 Å². The third kappa shape index (κ3) is 6.92. The van der Waals surface area contributed by atoms with Gasteiger partial charge in [0.1, 0.15) is 5.52 Å².